The first kappa shape index (κ1) is 17.2. The van der Waals surface area contributed by atoms with Crippen molar-refractivity contribution in [1.82, 2.24) is 5.32 Å². The largest absolute Gasteiger partial charge is 0.376 e. The van der Waals surface area contributed by atoms with Crippen molar-refractivity contribution in [2.45, 2.75) is 45.9 Å². The Balaban J connectivity index is 2.63. The summed E-state index contributed by atoms with van der Waals surface area (Å²) in [5, 5.41) is 3.38. The van der Waals surface area contributed by atoms with E-state index in [1.165, 1.54) is 5.56 Å². The molecule has 0 spiro atoms. The Morgan fingerprint density at radius 2 is 1.55 bits per heavy atom. The molecule has 0 saturated heterocycles. The second-order valence-corrected chi connectivity index (χ2v) is 5.68. The van der Waals surface area contributed by atoms with E-state index in [2.05, 4.69) is 43.4 Å². The van der Waals surface area contributed by atoms with Crippen LogP contribution < -0.4 is 5.32 Å². The molecule has 0 amide bonds. The summed E-state index contributed by atoms with van der Waals surface area (Å²) in [6.07, 6.45) is 0.392. The molecule has 0 radical (unpaired) electrons. The molecule has 0 aliphatic heterocycles. The van der Waals surface area contributed by atoms with Crippen LogP contribution in [0.4, 0.5) is 0 Å². The summed E-state index contributed by atoms with van der Waals surface area (Å²) in [5.41, 5.74) is 1.26. The van der Waals surface area contributed by atoms with Gasteiger partial charge in [-0.05, 0) is 32.4 Å². The molecule has 2 unspecified atom stereocenters. The first-order chi connectivity index (χ1) is 9.56. The number of benzene rings is 1. The lowest BCUT2D eigenvalue weighted by Gasteiger charge is -2.30. The van der Waals surface area contributed by atoms with E-state index in [1.54, 1.807) is 0 Å². The Kier molecular flexibility index (Phi) is 7.82. The quantitative estimate of drug-likeness (QED) is 0.703. The van der Waals surface area contributed by atoms with E-state index in [0.29, 0.717) is 19.1 Å². The third kappa shape index (κ3) is 5.61. The zero-order chi connectivity index (χ0) is 15.0. The standard InChI is InChI=1S/C17H29NO2/c1-13(2)17(20-12-11-19-14(3)4)16(18-5)15-9-7-6-8-10-15/h6-10,13-14,16-18H,11-12H2,1-5H3. The van der Waals surface area contributed by atoms with Crippen LogP contribution in [0.2, 0.25) is 0 Å². The number of ether oxygens (including phenoxy) is 2. The molecule has 0 heterocycles. The van der Waals surface area contributed by atoms with E-state index in [9.17, 15) is 0 Å². The molecule has 1 aromatic carbocycles. The van der Waals surface area contributed by atoms with E-state index in [-0.39, 0.29) is 18.2 Å². The normalized spacial score (nSPS) is 14.8. The molecule has 0 saturated carbocycles. The Hall–Kier alpha value is -0.900. The van der Waals surface area contributed by atoms with E-state index >= 15 is 0 Å². The van der Waals surface area contributed by atoms with Gasteiger partial charge in [0.15, 0.2) is 0 Å². The number of rotatable bonds is 9. The van der Waals surface area contributed by atoms with Crippen molar-refractivity contribution in [3.8, 4) is 0 Å². The second-order valence-electron chi connectivity index (χ2n) is 5.68. The van der Waals surface area contributed by atoms with Gasteiger partial charge in [-0.1, -0.05) is 44.2 Å². The number of hydrogen-bond donors (Lipinski definition) is 1. The van der Waals surface area contributed by atoms with Gasteiger partial charge < -0.3 is 14.8 Å². The molecule has 1 rings (SSSR count). The van der Waals surface area contributed by atoms with Crippen LogP contribution in [0, 0.1) is 5.92 Å². The number of hydrogen-bond acceptors (Lipinski definition) is 3. The molecule has 114 valence electrons. The van der Waals surface area contributed by atoms with Gasteiger partial charge in [0, 0.05) is 0 Å². The van der Waals surface area contributed by atoms with Crippen molar-refractivity contribution >= 4 is 0 Å². The molecule has 1 N–H and O–H groups in total. The van der Waals surface area contributed by atoms with Crippen LogP contribution in [0.5, 0.6) is 0 Å². The van der Waals surface area contributed by atoms with Crippen LogP contribution in [0.3, 0.4) is 0 Å². The molecule has 0 fully saturated rings. The molecular formula is C17H29NO2. The van der Waals surface area contributed by atoms with Gasteiger partial charge in [-0.2, -0.15) is 0 Å². The van der Waals surface area contributed by atoms with Gasteiger partial charge in [0.2, 0.25) is 0 Å². The third-order valence-electron chi connectivity index (χ3n) is 3.30. The molecule has 1 aromatic rings. The predicted molar refractivity (Wildman–Crippen MR) is 83.9 cm³/mol. The van der Waals surface area contributed by atoms with Gasteiger partial charge in [0.1, 0.15) is 0 Å². The molecule has 0 aliphatic carbocycles. The summed E-state index contributed by atoms with van der Waals surface area (Å²) in [5.74, 6) is 0.437. The molecule has 3 heteroatoms. The van der Waals surface area contributed by atoms with E-state index in [4.69, 9.17) is 9.47 Å². The van der Waals surface area contributed by atoms with Gasteiger partial charge in [0.05, 0.1) is 31.5 Å². The molecular weight excluding hydrogens is 250 g/mol. The second kappa shape index (κ2) is 9.11. The Labute approximate surface area is 123 Å². The topological polar surface area (TPSA) is 30.5 Å². The molecule has 3 nitrogen and oxygen atoms in total. The van der Waals surface area contributed by atoms with Crippen LogP contribution in [0.25, 0.3) is 0 Å². The lowest BCUT2D eigenvalue weighted by atomic mass is 9.93. The van der Waals surface area contributed by atoms with E-state index < -0.39 is 0 Å². The van der Waals surface area contributed by atoms with Crippen molar-refractivity contribution in [1.29, 1.82) is 0 Å². The van der Waals surface area contributed by atoms with Crippen molar-refractivity contribution < 1.29 is 9.47 Å². The van der Waals surface area contributed by atoms with Crippen LogP contribution in [0.15, 0.2) is 30.3 Å². The zero-order valence-electron chi connectivity index (χ0n) is 13.4. The summed E-state index contributed by atoms with van der Waals surface area (Å²) in [4.78, 5) is 0. The highest BCUT2D eigenvalue weighted by molar-refractivity contribution is 5.20. The summed E-state index contributed by atoms with van der Waals surface area (Å²) in [6.45, 7) is 9.75. The van der Waals surface area contributed by atoms with Gasteiger partial charge in [-0.3, -0.25) is 0 Å². The molecule has 0 aliphatic rings. The fraction of sp³-hybridized carbons (Fsp3) is 0.647. The summed E-state index contributed by atoms with van der Waals surface area (Å²) in [7, 11) is 1.99. The Morgan fingerprint density at radius 1 is 0.950 bits per heavy atom. The summed E-state index contributed by atoms with van der Waals surface area (Å²) >= 11 is 0. The maximum absolute atomic E-state index is 6.07. The predicted octanol–water partition coefficient (Wildman–Crippen LogP) is 3.41. The highest BCUT2D eigenvalue weighted by Gasteiger charge is 2.25. The van der Waals surface area contributed by atoms with Crippen LogP contribution in [-0.2, 0) is 9.47 Å². The first-order valence-electron chi connectivity index (χ1n) is 7.51. The minimum absolute atomic E-state index is 0.137. The minimum atomic E-state index is 0.137. The van der Waals surface area contributed by atoms with Gasteiger partial charge in [-0.25, -0.2) is 0 Å². The lowest BCUT2D eigenvalue weighted by Crippen LogP contribution is -2.36. The van der Waals surface area contributed by atoms with Crippen molar-refractivity contribution in [2.24, 2.45) is 5.92 Å². The molecule has 20 heavy (non-hydrogen) atoms. The highest BCUT2D eigenvalue weighted by Crippen LogP contribution is 2.24. The monoisotopic (exact) mass is 279 g/mol. The van der Waals surface area contributed by atoms with Crippen LogP contribution in [0.1, 0.15) is 39.3 Å². The minimum Gasteiger partial charge on any atom is -0.376 e. The van der Waals surface area contributed by atoms with Gasteiger partial charge in [-0.15, -0.1) is 0 Å². The first-order valence-corrected chi connectivity index (χ1v) is 7.51. The fourth-order valence-corrected chi connectivity index (χ4v) is 2.32. The molecule has 2 atom stereocenters. The van der Waals surface area contributed by atoms with Crippen molar-refractivity contribution in [3.63, 3.8) is 0 Å². The highest BCUT2D eigenvalue weighted by atomic mass is 16.5. The Morgan fingerprint density at radius 3 is 2.05 bits per heavy atom. The maximum atomic E-state index is 6.07. The summed E-state index contributed by atoms with van der Waals surface area (Å²) < 4.78 is 11.6. The maximum Gasteiger partial charge on any atom is 0.0793 e. The smallest absolute Gasteiger partial charge is 0.0793 e. The van der Waals surface area contributed by atoms with Crippen molar-refractivity contribution in [2.75, 3.05) is 20.3 Å². The fourth-order valence-electron chi connectivity index (χ4n) is 2.32. The third-order valence-corrected chi connectivity index (χ3v) is 3.30. The van der Waals surface area contributed by atoms with Crippen LogP contribution in [-0.4, -0.2) is 32.5 Å². The Bertz CT molecular complexity index is 351. The average molecular weight is 279 g/mol. The molecule has 0 bridgehead atoms. The van der Waals surface area contributed by atoms with Crippen LogP contribution >= 0.6 is 0 Å². The average Bonchev–Trinajstić information content (AvgIpc) is 2.42. The SMILES string of the molecule is CNC(c1ccccc1)C(OCCOC(C)C)C(C)C. The van der Waals surface area contributed by atoms with E-state index in [0.717, 1.165) is 0 Å². The van der Waals surface area contributed by atoms with E-state index in [1.807, 2.05) is 27.0 Å². The molecule has 0 aromatic heterocycles. The van der Waals surface area contributed by atoms with Gasteiger partial charge >= 0.3 is 0 Å². The lowest BCUT2D eigenvalue weighted by molar-refractivity contribution is -0.0424. The zero-order valence-corrected chi connectivity index (χ0v) is 13.4. The number of likely N-dealkylation sites (N-methyl/N-ethyl adjacent to an activating group) is 1. The summed E-state index contributed by atoms with van der Waals surface area (Å²) in [6, 6.07) is 10.7. The van der Waals surface area contributed by atoms with Crippen molar-refractivity contribution in [3.05, 3.63) is 35.9 Å². The van der Waals surface area contributed by atoms with Gasteiger partial charge in [0.25, 0.3) is 0 Å². The number of nitrogens with one attached hydrogen (secondary N) is 1.